The number of rotatable bonds is 8. The Labute approximate surface area is 177 Å². The molecule has 1 aromatic carbocycles. The number of amides is 2. The molecule has 0 aliphatic carbocycles. The molecule has 0 unspecified atom stereocenters. The van der Waals surface area contributed by atoms with Gasteiger partial charge in [0.25, 0.3) is 11.8 Å². The topological polar surface area (TPSA) is 111 Å². The van der Waals surface area contributed by atoms with Crippen molar-refractivity contribution in [3.05, 3.63) is 90.9 Å². The van der Waals surface area contributed by atoms with Crippen molar-refractivity contribution in [3.63, 3.8) is 0 Å². The van der Waals surface area contributed by atoms with Crippen LogP contribution in [0.15, 0.2) is 84.2 Å². The number of carbonyl (C=O) groups is 2. The standard InChI is InChI=1S/C22H19N5O4/c28-21(24-9-11-31-20-2-1-8-23-13-20)16-3-5-19(6-4-16)27-14-18(12-25-27)26-22(29)17-7-10-30-15-17/h1-8,10,12-15H,9,11H2,(H,24,28)(H,26,29). The van der Waals surface area contributed by atoms with E-state index in [-0.39, 0.29) is 11.8 Å². The largest absolute Gasteiger partial charge is 0.490 e. The van der Waals surface area contributed by atoms with E-state index in [1.54, 1.807) is 71.9 Å². The zero-order valence-electron chi connectivity index (χ0n) is 16.4. The van der Waals surface area contributed by atoms with Gasteiger partial charge in [0.1, 0.15) is 18.6 Å². The summed E-state index contributed by atoms with van der Waals surface area (Å²) in [5.74, 6) is 0.170. The number of furan rings is 1. The Bertz CT molecular complexity index is 1140. The van der Waals surface area contributed by atoms with Gasteiger partial charge in [-0.05, 0) is 42.5 Å². The second kappa shape index (κ2) is 9.40. The van der Waals surface area contributed by atoms with E-state index in [9.17, 15) is 9.59 Å². The van der Waals surface area contributed by atoms with Crippen LogP contribution in [-0.4, -0.2) is 39.7 Å². The van der Waals surface area contributed by atoms with Gasteiger partial charge >= 0.3 is 0 Å². The van der Waals surface area contributed by atoms with Crippen molar-refractivity contribution in [2.24, 2.45) is 0 Å². The zero-order chi connectivity index (χ0) is 21.5. The van der Waals surface area contributed by atoms with Crippen molar-refractivity contribution < 1.29 is 18.7 Å². The van der Waals surface area contributed by atoms with Crippen LogP contribution in [0.3, 0.4) is 0 Å². The second-order valence-corrected chi connectivity index (χ2v) is 6.48. The highest BCUT2D eigenvalue weighted by Gasteiger charge is 2.10. The third-order valence-corrected chi connectivity index (χ3v) is 4.31. The Hall–Kier alpha value is -4.40. The molecule has 31 heavy (non-hydrogen) atoms. The Kier molecular flexibility index (Phi) is 6.03. The zero-order valence-corrected chi connectivity index (χ0v) is 16.4. The fraction of sp³-hybridized carbons (Fsp3) is 0.0909. The van der Waals surface area contributed by atoms with E-state index >= 15 is 0 Å². The van der Waals surface area contributed by atoms with Crippen LogP contribution in [0.25, 0.3) is 5.69 Å². The smallest absolute Gasteiger partial charge is 0.259 e. The third-order valence-electron chi connectivity index (χ3n) is 4.31. The highest BCUT2D eigenvalue weighted by atomic mass is 16.5. The van der Waals surface area contributed by atoms with Crippen LogP contribution in [0.1, 0.15) is 20.7 Å². The average Bonchev–Trinajstić information content (AvgIpc) is 3.50. The van der Waals surface area contributed by atoms with Crippen molar-refractivity contribution in [2.75, 3.05) is 18.5 Å². The molecule has 0 spiro atoms. The quantitative estimate of drug-likeness (QED) is 0.427. The summed E-state index contributed by atoms with van der Waals surface area (Å²) < 4.78 is 12.0. The predicted molar refractivity (Wildman–Crippen MR) is 112 cm³/mol. The lowest BCUT2D eigenvalue weighted by molar-refractivity contribution is 0.0946. The lowest BCUT2D eigenvalue weighted by Gasteiger charge is -2.08. The number of benzene rings is 1. The molecule has 0 saturated heterocycles. The van der Waals surface area contributed by atoms with Crippen LogP contribution in [0.4, 0.5) is 5.69 Å². The van der Waals surface area contributed by atoms with Gasteiger partial charge in [-0.25, -0.2) is 4.68 Å². The van der Waals surface area contributed by atoms with E-state index in [1.165, 1.54) is 12.5 Å². The molecule has 156 valence electrons. The summed E-state index contributed by atoms with van der Waals surface area (Å²) in [5.41, 5.74) is 2.24. The highest BCUT2D eigenvalue weighted by molar-refractivity contribution is 6.03. The predicted octanol–water partition coefficient (Wildman–Crippen LogP) is 2.92. The van der Waals surface area contributed by atoms with E-state index in [1.807, 2.05) is 0 Å². The van der Waals surface area contributed by atoms with Gasteiger partial charge in [-0.15, -0.1) is 0 Å². The fourth-order valence-electron chi connectivity index (χ4n) is 2.76. The Morgan fingerprint density at radius 2 is 1.90 bits per heavy atom. The number of anilines is 1. The molecule has 2 amide bonds. The first-order chi connectivity index (χ1) is 15.2. The Balaban J connectivity index is 1.29. The minimum Gasteiger partial charge on any atom is -0.490 e. The third kappa shape index (κ3) is 5.15. The van der Waals surface area contributed by atoms with Crippen LogP contribution in [-0.2, 0) is 0 Å². The van der Waals surface area contributed by atoms with E-state index in [4.69, 9.17) is 9.15 Å². The maximum Gasteiger partial charge on any atom is 0.259 e. The van der Waals surface area contributed by atoms with Gasteiger partial charge in [0.2, 0.25) is 0 Å². The minimum absolute atomic E-state index is 0.199. The van der Waals surface area contributed by atoms with Gasteiger partial charge < -0.3 is 19.8 Å². The first-order valence-electron chi connectivity index (χ1n) is 9.49. The number of hydrogen-bond acceptors (Lipinski definition) is 6. The van der Waals surface area contributed by atoms with E-state index in [0.717, 1.165) is 5.69 Å². The number of hydrogen-bond donors (Lipinski definition) is 2. The van der Waals surface area contributed by atoms with Crippen molar-refractivity contribution in [3.8, 4) is 11.4 Å². The van der Waals surface area contributed by atoms with Crippen molar-refractivity contribution in [1.82, 2.24) is 20.1 Å². The summed E-state index contributed by atoms with van der Waals surface area (Å²) in [6.07, 6.45) is 9.31. The van der Waals surface area contributed by atoms with Crippen LogP contribution in [0.2, 0.25) is 0 Å². The van der Waals surface area contributed by atoms with Crippen LogP contribution >= 0.6 is 0 Å². The minimum atomic E-state index is -0.284. The molecule has 9 heteroatoms. The molecule has 4 rings (SSSR count). The molecule has 0 bridgehead atoms. The van der Waals surface area contributed by atoms with Gasteiger partial charge in [0.15, 0.2) is 0 Å². The van der Waals surface area contributed by atoms with Gasteiger partial charge in [0.05, 0.1) is 48.3 Å². The molecule has 9 nitrogen and oxygen atoms in total. The van der Waals surface area contributed by atoms with Gasteiger partial charge in [-0.2, -0.15) is 5.10 Å². The highest BCUT2D eigenvalue weighted by Crippen LogP contribution is 2.14. The summed E-state index contributed by atoms with van der Waals surface area (Å²) >= 11 is 0. The number of carbonyl (C=O) groups excluding carboxylic acids is 2. The average molecular weight is 417 g/mol. The number of nitrogens with one attached hydrogen (secondary N) is 2. The number of pyridine rings is 1. The molecule has 0 aliphatic rings. The monoisotopic (exact) mass is 417 g/mol. The molecule has 0 aliphatic heterocycles. The molecule has 0 saturated carbocycles. The van der Waals surface area contributed by atoms with Crippen LogP contribution in [0, 0.1) is 0 Å². The number of aromatic nitrogens is 3. The van der Waals surface area contributed by atoms with Gasteiger partial charge in [0, 0.05) is 11.8 Å². The molecule has 0 fully saturated rings. The normalized spacial score (nSPS) is 10.5. The lowest BCUT2D eigenvalue weighted by Crippen LogP contribution is -2.28. The maximum absolute atomic E-state index is 12.3. The Morgan fingerprint density at radius 3 is 2.65 bits per heavy atom. The molecule has 2 N–H and O–H groups in total. The van der Waals surface area contributed by atoms with E-state index in [2.05, 4.69) is 20.7 Å². The van der Waals surface area contributed by atoms with Crippen molar-refractivity contribution in [2.45, 2.75) is 0 Å². The maximum atomic E-state index is 12.3. The number of ether oxygens (including phenoxy) is 1. The molecule has 3 heterocycles. The molecule has 0 atom stereocenters. The Morgan fingerprint density at radius 1 is 1.03 bits per heavy atom. The number of nitrogens with zero attached hydrogens (tertiary/aromatic N) is 3. The van der Waals surface area contributed by atoms with Gasteiger partial charge in [-0.1, -0.05) is 0 Å². The second-order valence-electron chi connectivity index (χ2n) is 6.48. The molecular weight excluding hydrogens is 398 g/mol. The summed E-state index contributed by atoms with van der Waals surface area (Å²) in [5, 5.41) is 9.79. The van der Waals surface area contributed by atoms with Crippen LogP contribution < -0.4 is 15.4 Å². The first-order valence-corrected chi connectivity index (χ1v) is 9.49. The SMILES string of the molecule is O=C(NCCOc1cccnc1)c1ccc(-n2cc(NC(=O)c3ccoc3)cn2)cc1. The molecule has 4 aromatic rings. The summed E-state index contributed by atoms with van der Waals surface area (Å²) in [6.45, 7) is 0.713. The lowest BCUT2D eigenvalue weighted by atomic mass is 10.2. The first kappa shape index (κ1) is 19.9. The van der Waals surface area contributed by atoms with Crippen molar-refractivity contribution in [1.29, 1.82) is 0 Å². The fourth-order valence-corrected chi connectivity index (χ4v) is 2.76. The van der Waals surface area contributed by atoms with Crippen LogP contribution in [0.5, 0.6) is 5.75 Å². The molecule has 3 aromatic heterocycles. The summed E-state index contributed by atoms with van der Waals surface area (Å²) in [7, 11) is 0. The molecular formula is C22H19N5O4. The van der Waals surface area contributed by atoms with E-state index in [0.29, 0.717) is 35.7 Å². The van der Waals surface area contributed by atoms with E-state index < -0.39 is 0 Å². The van der Waals surface area contributed by atoms with Crippen molar-refractivity contribution >= 4 is 17.5 Å². The summed E-state index contributed by atoms with van der Waals surface area (Å²) in [4.78, 5) is 28.3. The van der Waals surface area contributed by atoms with Gasteiger partial charge in [-0.3, -0.25) is 14.6 Å². The summed E-state index contributed by atoms with van der Waals surface area (Å²) in [6, 6.07) is 12.1. The molecule has 0 radical (unpaired) electrons.